The maximum atomic E-state index is 12.3. The Hall–Kier alpha value is -2.45. The zero-order valence-corrected chi connectivity index (χ0v) is 17.5. The van der Waals surface area contributed by atoms with E-state index in [9.17, 15) is 18.0 Å². The van der Waals surface area contributed by atoms with E-state index in [0.717, 1.165) is 5.56 Å². The van der Waals surface area contributed by atoms with Gasteiger partial charge in [-0.05, 0) is 44.3 Å². The summed E-state index contributed by atoms with van der Waals surface area (Å²) in [5.74, 6) is 0.506. The smallest absolute Gasteiger partial charge is 0.401 e. The number of amides is 1. The monoisotopic (exact) mass is 444 g/mol. The van der Waals surface area contributed by atoms with Crippen molar-refractivity contribution in [1.29, 1.82) is 0 Å². The van der Waals surface area contributed by atoms with E-state index >= 15 is 0 Å². The number of nitrogens with zero attached hydrogens (tertiary/aromatic N) is 1. The fraction of sp³-hybridized carbons (Fsp3) is 0.381. The summed E-state index contributed by atoms with van der Waals surface area (Å²) in [7, 11) is 2.86. The van der Waals surface area contributed by atoms with Gasteiger partial charge in [-0.1, -0.05) is 29.8 Å². The first-order valence-corrected chi connectivity index (χ1v) is 9.65. The predicted octanol–water partition coefficient (Wildman–Crippen LogP) is 4.54. The fourth-order valence-electron chi connectivity index (χ4n) is 2.74. The average molecular weight is 445 g/mol. The molecule has 0 unspecified atom stereocenters. The van der Waals surface area contributed by atoms with Gasteiger partial charge in [0, 0.05) is 22.7 Å². The molecule has 30 heavy (non-hydrogen) atoms. The Morgan fingerprint density at radius 3 is 2.57 bits per heavy atom. The molecule has 0 saturated carbocycles. The summed E-state index contributed by atoms with van der Waals surface area (Å²) in [6.07, 6.45) is -3.83. The van der Waals surface area contributed by atoms with Crippen molar-refractivity contribution in [2.24, 2.45) is 0 Å². The second-order valence-corrected chi connectivity index (χ2v) is 7.12. The van der Waals surface area contributed by atoms with Gasteiger partial charge in [0.2, 0.25) is 0 Å². The Bertz CT molecular complexity index is 846. The minimum atomic E-state index is -4.23. The molecule has 0 saturated heterocycles. The van der Waals surface area contributed by atoms with Crippen LogP contribution >= 0.6 is 11.6 Å². The predicted molar refractivity (Wildman–Crippen MR) is 109 cm³/mol. The van der Waals surface area contributed by atoms with E-state index in [0.29, 0.717) is 28.5 Å². The third kappa shape index (κ3) is 7.76. The number of carbonyl (C=O) groups is 1. The Morgan fingerprint density at radius 2 is 1.90 bits per heavy atom. The normalized spacial score (nSPS) is 11.4. The second-order valence-electron chi connectivity index (χ2n) is 6.71. The summed E-state index contributed by atoms with van der Waals surface area (Å²) in [6.45, 7) is -0.257. The second kappa shape index (κ2) is 11.1. The number of benzene rings is 2. The maximum Gasteiger partial charge on any atom is 0.401 e. The number of hydrogen-bond donors (Lipinski definition) is 1. The third-order valence-corrected chi connectivity index (χ3v) is 4.59. The van der Waals surface area contributed by atoms with Crippen molar-refractivity contribution in [3.8, 4) is 11.5 Å². The molecule has 0 aliphatic rings. The lowest BCUT2D eigenvalue weighted by Crippen LogP contribution is -2.33. The first-order chi connectivity index (χ1) is 14.2. The molecule has 1 amide bonds. The van der Waals surface area contributed by atoms with E-state index < -0.39 is 12.7 Å². The van der Waals surface area contributed by atoms with E-state index in [1.54, 1.807) is 24.3 Å². The largest absolute Gasteiger partial charge is 0.493 e. The minimum Gasteiger partial charge on any atom is -0.493 e. The topological polar surface area (TPSA) is 50.8 Å². The molecule has 0 bridgehead atoms. The molecular weight excluding hydrogens is 421 g/mol. The van der Waals surface area contributed by atoms with Gasteiger partial charge in [0.15, 0.2) is 11.5 Å². The highest BCUT2D eigenvalue weighted by atomic mass is 35.5. The number of carbonyl (C=O) groups excluding carboxylic acids is 1. The van der Waals surface area contributed by atoms with Crippen LogP contribution in [0.1, 0.15) is 22.3 Å². The van der Waals surface area contributed by atoms with Crippen LogP contribution in [0.25, 0.3) is 0 Å². The van der Waals surface area contributed by atoms with Crippen molar-refractivity contribution in [3.63, 3.8) is 0 Å². The highest BCUT2D eigenvalue weighted by Crippen LogP contribution is 2.29. The van der Waals surface area contributed by atoms with E-state index in [-0.39, 0.29) is 25.6 Å². The molecule has 9 heteroatoms. The molecule has 164 valence electrons. The maximum absolute atomic E-state index is 12.3. The summed E-state index contributed by atoms with van der Waals surface area (Å²) in [5, 5.41) is 3.28. The summed E-state index contributed by atoms with van der Waals surface area (Å²) in [5.41, 5.74) is 1.18. The molecule has 1 N–H and O–H groups in total. The van der Waals surface area contributed by atoms with Crippen molar-refractivity contribution in [2.45, 2.75) is 19.2 Å². The molecule has 0 fully saturated rings. The zero-order valence-electron chi connectivity index (χ0n) is 16.8. The van der Waals surface area contributed by atoms with Crippen molar-refractivity contribution < 1.29 is 27.4 Å². The lowest BCUT2D eigenvalue weighted by molar-refractivity contribution is -0.143. The highest BCUT2D eigenvalue weighted by molar-refractivity contribution is 6.31. The first-order valence-electron chi connectivity index (χ1n) is 9.27. The number of ether oxygens (including phenoxy) is 2. The SMILES string of the molecule is COc1cc(C(=O)NCCCN(C)CC(F)(F)F)ccc1OCc1ccccc1Cl. The molecule has 0 atom stereocenters. The Balaban J connectivity index is 1.87. The van der Waals surface area contributed by atoms with Gasteiger partial charge in [-0.15, -0.1) is 0 Å². The Morgan fingerprint density at radius 1 is 1.17 bits per heavy atom. The summed E-state index contributed by atoms with van der Waals surface area (Å²) >= 11 is 6.12. The lowest BCUT2D eigenvalue weighted by atomic mass is 10.2. The quantitative estimate of drug-likeness (QED) is 0.546. The first kappa shape index (κ1) is 23.8. The van der Waals surface area contributed by atoms with Gasteiger partial charge in [-0.3, -0.25) is 9.69 Å². The minimum absolute atomic E-state index is 0.220. The molecule has 0 aliphatic carbocycles. The lowest BCUT2D eigenvalue weighted by Gasteiger charge is -2.18. The molecule has 2 aromatic carbocycles. The van der Waals surface area contributed by atoms with E-state index in [1.165, 1.54) is 19.1 Å². The van der Waals surface area contributed by atoms with Crippen LogP contribution in [-0.2, 0) is 6.61 Å². The van der Waals surface area contributed by atoms with Gasteiger partial charge in [-0.2, -0.15) is 13.2 Å². The molecule has 0 radical (unpaired) electrons. The number of alkyl halides is 3. The summed E-state index contributed by atoms with van der Waals surface area (Å²) in [4.78, 5) is 13.5. The van der Waals surface area contributed by atoms with Gasteiger partial charge in [0.05, 0.1) is 13.7 Å². The number of nitrogens with one attached hydrogen (secondary N) is 1. The van der Waals surface area contributed by atoms with Crippen molar-refractivity contribution in [1.82, 2.24) is 10.2 Å². The number of hydrogen-bond acceptors (Lipinski definition) is 4. The van der Waals surface area contributed by atoms with Crippen LogP contribution in [0.4, 0.5) is 13.2 Å². The number of halogens is 4. The third-order valence-electron chi connectivity index (χ3n) is 4.22. The van der Waals surface area contributed by atoms with E-state index in [2.05, 4.69) is 5.32 Å². The molecule has 0 spiro atoms. The van der Waals surface area contributed by atoms with Gasteiger partial charge in [0.25, 0.3) is 5.91 Å². The molecule has 5 nitrogen and oxygen atoms in total. The number of rotatable bonds is 10. The van der Waals surface area contributed by atoms with Gasteiger partial charge < -0.3 is 14.8 Å². The van der Waals surface area contributed by atoms with Gasteiger partial charge in [0.1, 0.15) is 6.61 Å². The fourth-order valence-corrected chi connectivity index (χ4v) is 2.93. The molecule has 0 heterocycles. The van der Waals surface area contributed by atoms with Crippen LogP contribution in [0.2, 0.25) is 5.02 Å². The van der Waals surface area contributed by atoms with Gasteiger partial charge >= 0.3 is 6.18 Å². The Kier molecular flexibility index (Phi) is 8.80. The highest BCUT2D eigenvalue weighted by Gasteiger charge is 2.28. The molecule has 2 rings (SSSR count). The van der Waals surface area contributed by atoms with Crippen LogP contribution in [0.3, 0.4) is 0 Å². The summed E-state index contributed by atoms with van der Waals surface area (Å²) in [6, 6.07) is 12.1. The van der Waals surface area contributed by atoms with Crippen molar-refractivity contribution in [2.75, 3.05) is 33.8 Å². The van der Waals surface area contributed by atoms with E-state index in [1.807, 2.05) is 18.2 Å². The van der Waals surface area contributed by atoms with Crippen LogP contribution in [0.15, 0.2) is 42.5 Å². The summed E-state index contributed by atoms with van der Waals surface area (Å²) < 4.78 is 48.0. The van der Waals surface area contributed by atoms with Crippen molar-refractivity contribution in [3.05, 3.63) is 58.6 Å². The van der Waals surface area contributed by atoms with Crippen LogP contribution < -0.4 is 14.8 Å². The average Bonchev–Trinajstić information content (AvgIpc) is 2.69. The zero-order chi connectivity index (χ0) is 22.1. The van der Waals surface area contributed by atoms with Crippen LogP contribution in [-0.4, -0.2) is 50.8 Å². The standard InChI is InChI=1S/C21H24ClF3N2O3/c1-27(14-21(23,24)25)11-5-10-26-20(28)15-8-9-18(19(12-15)29-2)30-13-16-6-3-4-7-17(16)22/h3-4,6-9,12H,5,10-11,13-14H2,1-2H3,(H,26,28). The van der Waals surface area contributed by atoms with Gasteiger partial charge in [-0.25, -0.2) is 0 Å². The molecule has 0 aromatic heterocycles. The molecule has 0 aliphatic heterocycles. The molecular formula is C21H24ClF3N2O3. The van der Waals surface area contributed by atoms with Crippen molar-refractivity contribution >= 4 is 17.5 Å². The van der Waals surface area contributed by atoms with E-state index in [4.69, 9.17) is 21.1 Å². The van der Waals surface area contributed by atoms with Crippen LogP contribution in [0.5, 0.6) is 11.5 Å². The Labute approximate surface area is 178 Å². The van der Waals surface area contributed by atoms with Crippen LogP contribution in [0, 0.1) is 0 Å². The molecule has 2 aromatic rings. The number of methoxy groups -OCH3 is 1.